The van der Waals surface area contributed by atoms with Gasteiger partial charge in [-0.1, -0.05) is 13.8 Å². The molecule has 0 radical (unpaired) electrons. The Morgan fingerprint density at radius 2 is 1.69 bits per heavy atom. The molecule has 0 unspecified atom stereocenters. The maximum Gasteiger partial charge on any atom is 0.0617 e. The minimum Gasteiger partial charge on any atom is -0.394 e. The molecule has 1 N–H and O–H groups in total. The summed E-state index contributed by atoms with van der Waals surface area (Å²) >= 11 is 0. The lowest BCUT2D eigenvalue weighted by atomic mass is 9.71. The largest absolute Gasteiger partial charge is 0.394 e. The van der Waals surface area contributed by atoms with Gasteiger partial charge in [-0.25, -0.2) is 0 Å². The Balaban J connectivity index is 1.98. The normalized spacial score (nSPS) is 28.7. The van der Waals surface area contributed by atoms with Crippen molar-refractivity contribution in [3.05, 3.63) is 0 Å². The molecule has 0 aromatic heterocycles. The van der Waals surface area contributed by atoms with Gasteiger partial charge in [-0.05, 0) is 31.1 Å². The second-order valence-electron chi connectivity index (χ2n) is 5.56. The molecule has 0 aromatic carbocycles. The number of rotatable bonds is 4. The highest BCUT2D eigenvalue weighted by Crippen LogP contribution is 2.43. The quantitative estimate of drug-likeness (QED) is 0.792. The molecule has 94 valence electrons. The molecule has 3 heteroatoms. The predicted octanol–water partition coefficient (Wildman–Crippen LogP) is 1.65. The fraction of sp³-hybridized carbons (Fsp3) is 1.00. The van der Waals surface area contributed by atoms with E-state index in [2.05, 4.69) is 18.7 Å². The first-order valence-electron chi connectivity index (χ1n) is 6.64. The molecule has 0 amide bonds. The first-order chi connectivity index (χ1) is 7.70. The van der Waals surface area contributed by atoms with Gasteiger partial charge in [0.1, 0.15) is 0 Å². The van der Waals surface area contributed by atoms with Crippen LogP contribution in [0.5, 0.6) is 0 Å². The van der Waals surface area contributed by atoms with Crippen LogP contribution in [0.25, 0.3) is 0 Å². The summed E-state index contributed by atoms with van der Waals surface area (Å²) in [6.45, 7) is 8.82. The standard InChI is InChI=1S/C13H25NO2/c1-3-12(4-2)9-14(10-12)13(11-15)5-7-16-8-6-13/h15H,3-11H2,1-2H3. The Bertz CT molecular complexity index is 224. The topological polar surface area (TPSA) is 32.7 Å². The highest BCUT2D eigenvalue weighted by Gasteiger charge is 2.49. The summed E-state index contributed by atoms with van der Waals surface area (Å²) in [6.07, 6.45) is 4.51. The Morgan fingerprint density at radius 1 is 1.12 bits per heavy atom. The molecule has 0 aromatic rings. The number of ether oxygens (including phenoxy) is 1. The SMILES string of the molecule is CCC1(CC)CN(C2(CO)CCOCC2)C1. The number of aliphatic hydroxyl groups excluding tert-OH is 1. The van der Waals surface area contributed by atoms with E-state index >= 15 is 0 Å². The fourth-order valence-electron chi connectivity index (χ4n) is 3.12. The van der Waals surface area contributed by atoms with Gasteiger partial charge in [-0.3, -0.25) is 4.90 Å². The van der Waals surface area contributed by atoms with Crippen molar-refractivity contribution in [1.29, 1.82) is 0 Å². The van der Waals surface area contributed by atoms with Crippen LogP contribution in [-0.2, 0) is 4.74 Å². The van der Waals surface area contributed by atoms with E-state index in [0.29, 0.717) is 12.0 Å². The third-order valence-corrected chi connectivity index (χ3v) is 4.94. The van der Waals surface area contributed by atoms with Gasteiger partial charge in [0.05, 0.1) is 6.61 Å². The van der Waals surface area contributed by atoms with Crippen LogP contribution in [0.15, 0.2) is 0 Å². The van der Waals surface area contributed by atoms with E-state index in [9.17, 15) is 5.11 Å². The fourth-order valence-corrected chi connectivity index (χ4v) is 3.12. The number of hydrogen-bond acceptors (Lipinski definition) is 3. The minimum atomic E-state index is 0.0338. The molecule has 2 fully saturated rings. The van der Waals surface area contributed by atoms with E-state index in [4.69, 9.17) is 4.74 Å². The van der Waals surface area contributed by atoms with Gasteiger partial charge in [-0.2, -0.15) is 0 Å². The van der Waals surface area contributed by atoms with Gasteiger partial charge in [0.2, 0.25) is 0 Å². The number of likely N-dealkylation sites (tertiary alicyclic amines) is 1. The number of nitrogens with zero attached hydrogens (tertiary/aromatic N) is 1. The van der Waals surface area contributed by atoms with Crippen LogP contribution < -0.4 is 0 Å². The van der Waals surface area contributed by atoms with Crippen molar-refractivity contribution in [3.8, 4) is 0 Å². The van der Waals surface area contributed by atoms with E-state index in [1.165, 1.54) is 25.9 Å². The zero-order chi connectivity index (χ0) is 11.6. The van der Waals surface area contributed by atoms with E-state index in [1.807, 2.05) is 0 Å². The molecule has 2 rings (SSSR count). The molecule has 2 aliphatic heterocycles. The Hall–Kier alpha value is -0.120. The summed E-state index contributed by atoms with van der Waals surface area (Å²) in [6, 6.07) is 0. The molecule has 0 bridgehead atoms. The lowest BCUT2D eigenvalue weighted by Crippen LogP contribution is -2.67. The summed E-state index contributed by atoms with van der Waals surface area (Å²) in [5.74, 6) is 0. The van der Waals surface area contributed by atoms with Gasteiger partial charge in [0.15, 0.2) is 0 Å². The summed E-state index contributed by atoms with van der Waals surface area (Å²) in [5, 5.41) is 9.70. The first kappa shape index (κ1) is 12.3. The average molecular weight is 227 g/mol. The second kappa shape index (κ2) is 4.63. The first-order valence-corrected chi connectivity index (χ1v) is 6.64. The van der Waals surface area contributed by atoms with Crippen molar-refractivity contribution in [2.75, 3.05) is 32.9 Å². The molecule has 0 spiro atoms. The molecule has 2 aliphatic rings. The molecule has 3 nitrogen and oxygen atoms in total. The molecule has 0 atom stereocenters. The second-order valence-corrected chi connectivity index (χ2v) is 5.56. The van der Waals surface area contributed by atoms with E-state index in [0.717, 1.165) is 26.1 Å². The zero-order valence-electron chi connectivity index (χ0n) is 10.7. The highest BCUT2D eigenvalue weighted by molar-refractivity contribution is 5.03. The summed E-state index contributed by atoms with van der Waals surface area (Å²) in [4.78, 5) is 2.50. The smallest absolute Gasteiger partial charge is 0.0617 e. The van der Waals surface area contributed by atoms with Crippen molar-refractivity contribution >= 4 is 0 Å². The Kier molecular flexibility index (Phi) is 3.57. The summed E-state index contributed by atoms with van der Waals surface area (Å²) < 4.78 is 5.41. The maximum absolute atomic E-state index is 9.70. The van der Waals surface area contributed by atoms with Gasteiger partial charge >= 0.3 is 0 Å². The van der Waals surface area contributed by atoms with Gasteiger partial charge in [0.25, 0.3) is 0 Å². The molecule has 16 heavy (non-hydrogen) atoms. The van der Waals surface area contributed by atoms with E-state index < -0.39 is 0 Å². The maximum atomic E-state index is 9.70. The van der Waals surface area contributed by atoms with Crippen LogP contribution in [0.1, 0.15) is 39.5 Å². The lowest BCUT2D eigenvalue weighted by Gasteiger charge is -2.59. The van der Waals surface area contributed by atoms with Crippen LogP contribution in [0, 0.1) is 5.41 Å². The molecular formula is C13H25NO2. The lowest BCUT2D eigenvalue weighted by molar-refractivity contribution is -0.136. The summed E-state index contributed by atoms with van der Waals surface area (Å²) in [5.41, 5.74) is 0.562. The van der Waals surface area contributed by atoms with Crippen molar-refractivity contribution in [1.82, 2.24) is 4.90 Å². The average Bonchev–Trinajstić information content (AvgIpc) is 2.30. The van der Waals surface area contributed by atoms with Gasteiger partial charge in [-0.15, -0.1) is 0 Å². The van der Waals surface area contributed by atoms with Crippen LogP contribution in [0.3, 0.4) is 0 Å². The zero-order valence-corrected chi connectivity index (χ0v) is 10.7. The summed E-state index contributed by atoms with van der Waals surface area (Å²) in [7, 11) is 0. The predicted molar refractivity (Wildman–Crippen MR) is 64.5 cm³/mol. The van der Waals surface area contributed by atoms with Gasteiger partial charge in [0, 0.05) is 31.8 Å². The monoisotopic (exact) mass is 227 g/mol. The van der Waals surface area contributed by atoms with Crippen LogP contribution in [0.4, 0.5) is 0 Å². The van der Waals surface area contributed by atoms with Crippen molar-refractivity contribution in [3.63, 3.8) is 0 Å². The molecule has 2 saturated heterocycles. The van der Waals surface area contributed by atoms with Crippen LogP contribution in [0.2, 0.25) is 0 Å². The minimum absolute atomic E-state index is 0.0338. The molecule has 0 aliphatic carbocycles. The number of hydrogen-bond donors (Lipinski definition) is 1. The van der Waals surface area contributed by atoms with E-state index in [1.54, 1.807) is 0 Å². The highest BCUT2D eigenvalue weighted by atomic mass is 16.5. The Labute approximate surface area is 98.8 Å². The number of aliphatic hydroxyl groups is 1. The van der Waals surface area contributed by atoms with Gasteiger partial charge < -0.3 is 9.84 Å². The van der Waals surface area contributed by atoms with Crippen LogP contribution >= 0.6 is 0 Å². The van der Waals surface area contributed by atoms with E-state index in [-0.39, 0.29) is 5.54 Å². The van der Waals surface area contributed by atoms with Crippen LogP contribution in [-0.4, -0.2) is 48.5 Å². The molecular weight excluding hydrogens is 202 g/mol. The van der Waals surface area contributed by atoms with Crippen molar-refractivity contribution in [2.45, 2.75) is 45.1 Å². The third-order valence-electron chi connectivity index (χ3n) is 4.94. The molecule has 2 heterocycles. The Morgan fingerprint density at radius 3 is 2.12 bits per heavy atom. The van der Waals surface area contributed by atoms with Crippen molar-refractivity contribution < 1.29 is 9.84 Å². The third kappa shape index (κ3) is 1.89. The van der Waals surface area contributed by atoms with Crippen molar-refractivity contribution in [2.24, 2.45) is 5.41 Å². The molecule has 0 saturated carbocycles.